The summed E-state index contributed by atoms with van der Waals surface area (Å²) in [4.78, 5) is 23.1. The second kappa shape index (κ2) is 10.2. The lowest BCUT2D eigenvalue weighted by Crippen LogP contribution is -2.55. The van der Waals surface area contributed by atoms with E-state index in [0.717, 1.165) is 45.8 Å². The SMILES string of the molecule is CCOC(=O)N1CCN([C@@H]2CCCN(Cc3cc(CN4CCCC4)cs3)C2)CC1. The zero-order valence-electron chi connectivity index (χ0n) is 17.9. The van der Waals surface area contributed by atoms with Gasteiger partial charge in [0.25, 0.3) is 0 Å². The summed E-state index contributed by atoms with van der Waals surface area (Å²) in [5, 5.41) is 2.36. The average molecular weight is 421 g/mol. The molecule has 1 amide bonds. The first kappa shape index (κ1) is 21.1. The van der Waals surface area contributed by atoms with Crippen LogP contribution in [-0.4, -0.2) is 90.7 Å². The van der Waals surface area contributed by atoms with E-state index in [1.165, 1.54) is 55.8 Å². The molecule has 3 fully saturated rings. The molecule has 1 atom stereocenters. The number of hydrogen-bond acceptors (Lipinski definition) is 6. The topological polar surface area (TPSA) is 39.3 Å². The minimum atomic E-state index is -0.153. The van der Waals surface area contributed by atoms with E-state index in [2.05, 4.69) is 26.1 Å². The van der Waals surface area contributed by atoms with Gasteiger partial charge in [-0.1, -0.05) is 0 Å². The average Bonchev–Trinajstić information content (AvgIpc) is 3.41. The summed E-state index contributed by atoms with van der Waals surface area (Å²) in [6, 6.07) is 3.06. The van der Waals surface area contributed by atoms with Crippen LogP contribution in [0.1, 0.15) is 43.0 Å². The highest BCUT2D eigenvalue weighted by atomic mass is 32.1. The molecule has 1 aromatic heterocycles. The first-order chi connectivity index (χ1) is 14.2. The van der Waals surface area contributed by atoms with Crippen LogP contribution in [0.2, 0.25) is 0 Å². The summed E-state index contributed by atoms with van der Waals surface area (Å²) in [6.07, 6.45) is 5.12. The van der Waals surface area contributed by atoms with Gasteiger partial charge in [0.2, 0.25) is 0 Å². The molecule has 0 N–H and O–H groups in total. The molecule has 6 nitrogen and oxygen atoms in total. The molecular formula is C22H36N4O2S. The molecule has 3 saturated heterocycles. The number of hydrogen-bond donors (Lipinski definition) is 0. The lowest BCUT2D eigenvalue weighted by Gasteiger charge is -2.43. The van der Waals surface area contributed by atoms with Gasteiger partial charge in [-0.2, -0.15) is 0 Å². The van der Waals surface area contributed by atoms with Crippen molar-refractivity contribution in [3.05, 3.63) is 21.9 Å². The molecule has 0 aromatic carbocycles. The Hall–Kier alpha value is -1.15. The van der Waals surface area contributed by atoms with Gasteiger partial charge in [-0.25, -0.2) is 4.79 Å². The van der Waals surface area contributed by atoms with Crippen LogP contribution in [0.5, 0.6) is 0 Å². The van der Waals surface area contributed by atoms with Gasteiger partial charge >= 0.3 is 6.09 Å². The highest BCUT2D eigenvalue weighted by Gasteiger charge is 2.30. The second-order valence-electron chi connectivity index (χ2n) is 8.66. The van der Waals surface area contributed by atoms with Crippen LogP contribution in [-0.2, 0) is 17.8 Å². The predicted octanol–water partition coefficient (Wildman–Crippen LogP) is 3.08. The summed E-state index contributed by atoms with van der Waals surface area (Å²) in [5.41, 5.74) is 1.50. The van der Waals surface area contributed by atoms with E-state index < -0.39 is 0 Å². The molecule has 4 rings (SSSR count). The van der Waals surface area contributed by atoms with Crippen molar-refractivity contribution < 1.29 is 9.53 Å². The van der Waals surface area contributed by atoms with E-state index >= 15 is 0 Å². The minimum Gasteiger partial charge on any atom is -0.450 e. The maximum Gasteiger partial charge on any atom is 0.409 e. The molecule has 0 bridgehead atoms. The number of piperidine rings is 1. The third-order valence-electron chi connectivity index (χ3n) is 6.53. The summed E-state index contributed by atoms with van der Waals surface area (Å²) < 4.78 is 5.15. The Bertz CT molecular complexity index is 653. The van der Waals surface area contributed by atoms with Gasteiger partial charge in [0.05, 0.1) is 6.61 Å². The summed E-state index contributed by atoms with van der Waals surface area (Å²) in [6.45, 7) is 13.0. The molecule has 0 spiro atoms. The summed E-state index contributed by atoms with van der Waals surface area (Å²) in [5.74, 6) is 0. The lowest BCUT2D eigenvalue weighted by atomic mass is 10.0. The zero-order chi connectivity index (χ0) is 20.1. The Morgan fingerprint density at radius 3 is 2.55 bits per heavy atom. The summed E-state index contributed by atoms with van der Waals surface area (Å²) >= 11 is 1.93. The monoisotopic (exact) mass is 420 g/mol. The zero-order valence-corrected chi connectivity index (χ0v) is 18.7. The first-order valence-electron chi connectivity index (χ1n) is 11.4. The molecular weight excluding hydrogens is 384 g/mol. The van der Waals surface area contributed by atoms with Crippen molar-refractivity contribution in [3.63, 3.8) is 0 Å². The number of carbonyl (C=O) groups excluding carboxylic acids is 1. The molecule has 0 radical (unpaired) electrons. The normalized spacial score (nSPS) is 24.9. The first-order valence-corrected chi connectivity index (χ1v) is 12.3. The third-order valence-corrected chi connectivity index (χ3v) is 7.50. The van der Waals surface area contributed by atoms with E-state index in [9.17, 15) is 4.79 Å². The van der Waals surface area contributed by atoms with Crippen molar-refractivity contribution >= 4 is 17.4 Å². The van der Waals surface area contributed by atoms with Crippen LogP contribution in [0.4, 0.5) is 4.79 Å². The minimum absolute atomic E-state index is 0.153. The highest BCUT2D eigenvalue weighted by molar-refractivity contribution is 7.10. The van der Waals surface area contributed by atoms with Crippen LogP contribution in [0.25, 0.3) is 0 Å². The standard InChI is InChI=1S/C22H36N4O2S/c1-2-28-22(27)26-12-10-25(11-13-26)20-6-5-9-24(16-20)17-21-14-19(18-29-21)15-23-7-3-4-8-23/h14,18,20H,2-13,15-17H2,1H3/t20-/m1/s1. The van der Waals surface area contributed by atoms with Gasteiger partial charge in [0.1, 0.15) is 0 Å². The summed E-state index contributed by atoms with van der Waals surface area (Å²) in [7, 11) is 0. The van der Waals surface area contributed by atoms with Crippen LogP contribution in [0, 0.1) is 0 Å². The molecule has 29 heavy (non-hydrogen) atoms. The Balaban J connectivity index is 1.24. The fraction of sp³-hybridized carbons (Fsp3) is 0.773. The number of amides is 1. The Kier molecular flexibility index (Phi) is 7.45. The van der Waals surface area contributed by atoms with Crippen molar-refractivity contribution in [1.82, 2.24) is 19.6 Å². The van der Waals surface area contributed by atoms with Crippen LogP contribution in [0.3, 0.4) is 0 Å². The van der Waals surface area contributed by atoms with Gasteiger partial charge in [0, 0.05) is 56.7 Å². The van der Waals surface area contributed by atoms with Crippen molar-refractivity contribution in [3.8, 4) is 0 Å². The van der Waals surface area contributed by atoms with Crippen molar-refractivity contribution in [2.45, 2.75) is 51.7 Å². The fourth-order valence-corrected chi connectivity index (χ4v) is 5.89. The molecule has 162 valence electrons. The van der Waals surface area contributed by atoms with Gasteiger partial charge < -0.3 is 9.64 Å². The predicted molar refractivity (Wildman–Crippen MR) is 117 cm³/mol. The maximum atomic E-state index is 11.9. The van der Waals surface area contributed by atoms with Gasteiger partial charge in [0.15, 0.2) is 0 Å². The van der Waals surface area contributed by atoms with Crippen LogP contribution >= 0.6 is 11.3 Å². The molecule has 0 unspecified atom stereocenters. The molecule has 3 aliphatic rings. The molecule has 3 aliphatic heterocycles. The second-order valence-corrected chi connectivity index (χ2v) is 9.65. The number of nitrogens with zero attached hydrogens (tertiary/aromatic N) is 4. The van der Waals surface area contributed by atoms with Crippen LogP contribution < -0.4 is 0 Å². The van der Waals surface area contributed by atoms with Crippen molar-refractivity contribution in [2.24, 2.45) is 0 Å². The molecule has 1 aromatic rings. The van der Waals surface area contributed by atoms with E-state index in [1.807, 2.05) is 23.2 Å². The largest absolute Gasteiger partial charge is 0.450 e. The molecule has 0 saturated carbocycles. The Labute approximate surface area is 179 Å². The molecule has 7 heteroatoms. The Morgan fingerprint density at radius 2 is 1.79 bits per heavy atom. The van der Waals surface area contributed by atoms with E-state index in [0.29, 0.717) is 12.6 Å². The van der Waals surface area contributed by atoms with Crippen LogP contribution in [0.15, 0.2) is 11.4 Å². The fourth-order valence-electron chi connectivity index (χ4n) is 4.97. The Morgan fingerprint density at radius 1 is 1.03 bits per heavy atom. The molecule has 0 aliphatic carbocycles. The lowest BCUT2D eigenvalue weighted by molar-refractivity contribution is 0.0414. The van der Waals surface area contributed by atoms with Gasteiger partial charge in [-0.05, 0) is 69.3 Å². The quantitative estimate of drug-likeness (QED) is 0.707. The third kappa shape index (κ3) is 5.72. The number of ether oxygens (including phenoxy) is 1. The number of rotatable bonds is 6. The van der Waals surface area contributed by atoms with E-state index in [1.54, 1.807) is 0 Å². The van der Waals surface area contributed by atoms with Gasteiger partial charge in [-0.15, -0.1) is 11.3 Å². The number of piperazine rings is 1. The smallest absolute Gasteiger partial charge is 0.409 e. The van der Waals surface area contributed by atoms with Crippen molar-refractivity contribution in [2.75, 3.05) is 59.0 Å². The van der Waals surface area contributed by atoms with Crippen molar-refractivity contribution in [1.29, 1.82) is 0 Å². The number of thiophene rings is 1. The maximum absolute atomic E-state index is 11.9. The highest BCUT2D eigenvalue weighted by Crippen LogP contribution is 2.24. The van der Waals surface area contributed by atoms with Gasteiger partial charge in [-0.3, -0.25) is 14.7 Å². The van der Waals surface area contributed by atoms with E-state index in [-0.39, 0.29) is 6.09 Å². The molecule has 4 heterocycles. The van der Waals surface area contributed by atoms with E-state index in [4.69, 9.17) is 4.74 Å². The number of likely N-dealkylation sites (tertiary alicyclic amines) is 2. The number of carbonyl (C=O) groups is 1.